The lowest BCUT2D eigenvalue weighted by Gasteiger charge is -2.26. The van der Waals surface area contributed by atoms with Crippen LogP contribution in [0.5, 0.6) is 0 Å². The zero-order chi connectivity index (χ0) is 14.5. The molecular formula is C13H16N4O3. The molecular weight excluding hydrogens is 260 g/mol. The second-order valence-corrected chi connectivity index (χ2v) is 4.48. The molecule has 1 aromatic rings. The number of hydrogen-bond donors (Lipinski definition) is 2. The molecule has 0 saturated carbocycles. The number of carbonyl (C=O) groups is 3. The van der Waals surface area contributed by atoms with Crippen LogP contribution in [-0.4, -0.2) is 47.2 Å². The zero-order valence-electron chi connectivity index (χ0n) is 11.2. The lowest BCUT2D eigenvalue weighted by Crippen LogP contribution is -2.53. The number of piperazine rings is 1. The van der Waals surface area contributed by atoms with Gasteiger partial charge in [-0.1, -0.05) is 6.92 Å². The fraction of sp³-hybridized carbons (Fsp3) is 0.385. The number of pyridine rings is 1. The number of carbonyl (C=O) groups excluding carboxylic acids is 3. The first kappa shape index (κ1) is 14.0. The maximum absolute atomic E-state index is 12.4. The molecule has 0 aromatic carbocycles. The fourth-order valence-electron chi connectivity index (χ4n) is 1.93. The average Bonchev–Trinajstić information content (AvgIpc) is 2.43. The molecule has 0 aliphatic carbocycles. The lowest BCUT2D eigenvalue weighted by molar-refractivity contribution is -0.135. The van der Waals surface area contributed by atoms with Gasteiger partial charge in [-0.2, -0.15) is 0 Å². The number of rotatable bonds is 4. The molecule has 7 heteroatoms. The van der Waals surface area contributed by atoms with Crippen LogP contribution in [0.25, 0.3) is 0 Å². The van der Waals surface area contributed by atoms with Crippen LogP contribution in [0.3, 0.4) is 0 Å². The number of aromatic nitrogens is 1. The summed E-state index contributed by atoms with van der Waals surface area (Å²) >= 11 is 0. The van der Waals surface area contributed by atoms with Crippen LogP contribution < -0.4 is 10.6 Å². The molecule has 0 atom stereocenters. The van der Waals surface area contributed by atoms with Crippen LogP contribution >= 0.6 is 0 Å². The summed E-state index contributed by atoms with van der Waals surface area (Å²) < 4.78 is 0. The molecule has 0 unspecified atom stereocenters. The molecule has 106 valence electrons. The van der Waals surface area contributed by atoms with Crippen LogP contribution in [-0.2, 0) is 9.59 Å². The predicted molar refractivity (Wildman–Crippen MR) is 72.1 cm³/mol. The highest BCUT2D eigenvalue weighted by atomic mass is 16.2. The summed E-state index contributed by atoms with van der Waals surface area (Å²) in [5.41, 5.74) is 1.02. The van der Waals surface area contributed by atoms with Crippen molar-refractivity contribution in [2.75, 3.05) is 25.0 Å². The Morgan fingerprint density at radius 1 is 1.40 bits per heavy atom. The molecule has 1 aliphatic heterocycles. The molecule has 2 rings (SSSR count). The second-order valence-electron chi connectivity index (χ2n) is 4.48. The predicted octanol–water partition coefficient (Wildman–Crippen LogP) is 0.00210. The number of hydrogen-bond acceptors (Lipinski definition) is 5. The van der Waals surface area contributed by atoms with Crippen LogP contribution in [0.1, 0.15) is 23.7 Å². The minimum absolute atomic E-state index is 0.118. The smallest absolute Gasteiger partial charge is 0.258 e. The molecule has 0 bridgehead atoms. The Morgan fingerprint density at radius 2 is 2.10 bits per heavy atom. The minimum atomic E-state index is -0.471. The first-order chi connectivity index (χ1) is 9.61. The van der Waals surface area contributed by atoms with Crippen LogP contribution in [0.2, 0.25) is 0 Å². The monoisotopic (exact) mass is 276 g/mol. The van der Waals surface area contributed by atoms with Crippen molar-refractivity contribution >= 4 is 23.4 Å². The van der Waals surface area contributed by atoms with E-state index in [4.69, 9.17) is 0 Å². The van der Waals surface area contributed by atoms with Gasteiger partial charge < -0.3 is 10.2 Å². The van der Waals surface area contributed by atoms with Crippen molar-refractivity contribution in [3.05, 3.63) is 24.0 Å². The normalized spacial score (nSPS) is 14.9. The van der Waals surface area contributed by atoms with Gasteiger partial charge in [-0.3, -0.25) is 24.7 Å². The van der Waals surface area contributed by atoms with Crippen molar-refractivity contribution < 1.29 is 14.4 Å². The van der Waals surface area contributed by atoms with Gasteiger partial charge in [0.05, 0.1) is 11.3 Å². The summed E-state index contributed by atoms with van der Waals surface area (Å²) in [5.74, 6) is -1.32. The molecule has 20 heavy (non-hydrogen) atoms. The summed E-state index contributed by atoms with van der Waals surface area (Å²) in [6, 6.07) is 1.70. The number of anilines is 1. The van der Waals surface area contributed by atoms with E-state index in [1.54, 1.807) is 12.3 Å². The Labute approximate surface area is 116 Å². The van der Waals surface area contributed by atoms with E-state index in [0.717, 1.165) is 13.0 Å². The van der Waals surface area contributed by atoms with Crippen LogP contribution in [0.4, 0.5) is 5.69 Å². The summed E-state index contributed by atoms with van der Waals surface area (Å²) in [4.78, 5) is 40.2. The van der Waals surface area contributed by atoms with Gasteiger partial charge in [0.2, 0.25) is 11.8 Å². The van der Waals surface area contributed by atoms with E-state index in [-0.39, 0.29) is 19.0 Å². The summed E-state index contributed by atoms with van der Waals surface area (Å²) in [6.45, 7) is 2.51. The summed E-state index contributed by atoms with van der Waals surface area (Å²) in [5, 5.41) is 5.29. The third kappa shape index (κ3) is 3.11. The van der Waals surface area contributed by atoms with E-state index in [1.807, 2.05) is 6.92 Å². The maximum atomic E-state index is 12.4. The van der Waals surface area contributed by atoms with E-state index >= 15 is 0 Å². The van der Waals surface area contributed by atoms with E-state index in [2.05, 4.69) is 15.6 Å². The van der Waals surface area contributed by atoms with Crippen molar-refractivity contribution in [3.63, 3.8) is 0 Å². The van der Waals surface area contributed by atoms with Gasteiger partial charge in [0.15, 0.2) is 0 Å². The van der Waals surface area contributed by atoms with Crippen LogP contribution in [0.15, 0.2) is 18.5 Å². The first-order valence-corrected chi connectivity index (χ1v) is 6.41. The Balaban J connectivity index is 2.20. The molecule has 1 aliphatic rings. The zero-order valence-corrected chi connectivity index (χ0v) is 11.2. The van der Waals surface area contributed by atoms with Crippen LogP contribution in [0, 0.1) is 0 Å². The first-order valence-electron chi connectivity index (χ1n) is 6.41. The largest absolute Gasteiger partial charge is 0.384 e. The van der Waals surface area contributed by atoms with Crippen molar-refractivity contribution in [2.24, 2.45) is 0 Å². The molecule has 1 saturated heterocycles. The van der Waals surface area contributed by atoms with E-state index in [0.29, 0.717) is 11.3 Å². The Kier molecular flexibility index (Phi) is 4.29. The Hall–Kier alpha value is -2.44. The van der Waals surface area contributed by atoms with Crippen molar-refractivity contribution in [1.29, 1.82) is 0 Å². The van der Waals surface area contributed by atoms with Gasteiger partial charge in [0.25, 0.3) is 5.91 Å². The highest BCUT2D eigenvalue weighted by Gasteiger charge is 2.28. The van der Waals surface area contributed by atoms with Gasteiger partial charge in [-0.05, 0) is 12.5 Å². The van der Waals surface area contributed by atoms with Gasteiger partial charge in [0, 0.05) is 18.9 Å². The number of nitrogens with zero attached hydrogens (tertiary/aromatic N) is 2. The van der Waals surface area contributed by atoms with Crippen molar-refractivity contribution in [2.45, 2.75) is 13.3 Å². The van der Waals surface area contributed by atoms with Gasteiger partial charge >= 0.3 is 0 Å². The van der Waals surface area contributed by atoms with Gasteiger partial charge in [-0.15, -0.1) is 0 Å². The molecule has 7 nitrogen and oxygen atoms in total. The number of imide groups is 1. The molecule has 3 amide bonds. The quantitative estimate of drug-likeness (QED) is 0.755. The molecule has 1 aromatic heterocycles. The molecule has 0 radical (unpaired) electrons. The van der Waals surface area contributed by atoms with Crippen molar-refractivity contribution in [1.82, 2.24) is 15.2 Å². The maximum Gasteiger partial charge on any atom is 0.258 e. The summed E-state index contributed by atoms with van der Waals surface area (Å²) in [7, 11) is 0. The standard InChI is InChI=1S/C13H16N4O3/c1-2-4-15-10-3-5-14-6-9(10)13(20)17-7-11(18)16-12(19)8-17/h3,5-6H,2,4,7-8H2,1H3,(H,14,15)(H,16,18,19). The van der Waals surface area contributed by atoms with E-state index in [9.17, 15) is 14.4 Å². The minimum Gasteiger partial charge on any atom is -0.384 e. The van der Waals surface area contributed by atoms with E-state index < -0.39 is 11.8 Å². The molecule has 2 N–H and O–H groups in total. The van der Waals surface area contributed by atoms with Gasteiger partial charge in [0.1, 0.15) is 13.1 Å². The third-order valence-electron chi connectivity index (χ3n) is 2.85. The van der Waals surface area contributed by atoms with Gasteiger partial charge in [-0.25, -0.2) is 0 Å². The topological polar surface area (TPSA) is 91.4 Å². The number of nitrogens with one attached hydrogen (secondary N) is 2. The Bertz CT molecular complexity index is 528. The van der Waals surface area contributed by atoms with E-state index in [1.165, 1.54) is 11.1 Å². The van der Waals surface area contributed by atoms with Crippen molar-refractivity contribution in [3.8, 4) is 0 Å². The summed E-state index contributed by atoms with van der Waals surface area (Å²) in [6.07, 6.45) is 3.95. The second kappa shape index (κ2) is 6.14. The lowest BCUT2D eigenvalue weighted by atomic mass is 10.2. The Morgan fingerprint density at radius 3 is 2.75 bits per heavy atom. The molecule has 0 spiro atoms. The number of amides is 3. The highest BCUT2D eigenvalue weighted by molar-refractivity contribution is 6.07. The fourth-order valence-corrected chi connectivity index (χ4v) is 1.93. The molecule has 1 fully saturated rings. The molecule has 2 heterocycles. The third-order valence-corrected chi connectivity index (χ3v) is 2.85. The highest BCUT2D eigenvalue weighted by Crippen LogP contribution is 2.16. The average molecular weight is 276 g/mol. The SMILES string of the molecule is CCCNc1ccncc1C(=O)N1CC(=O)NC(=O)C1.